The maximum absolute atomic E-state index is 5.87. The predicted octanol–water partition coefficient (Wildman–Crippen LogP) is 1.29. The molecule has 0 amide bonds. The standard InChI is InChI=1S/C12H22N4O/c1-12(2,3)11-14-10(17-15-11)8-16-6-4-9(13)5-7-16/h9H,4-8,13H2,1-3H3. The first-order valence-electron chi connectivity index (χ1n) is 6.26. The quantitative estimate of drug-likeness (QED) is 0.841. The second-order valence-electron chi connectivity index (χ2n) is 5.88. The Hall–Kier alpha value is -0.940. The largest absolute Gasteiger partial charge is 0.338 e. The molecule has 0 bridgehead atoms. The van der Waals surface area contributed by atoms with Crippen molar-refractivity contribution in [2.75, 3.05) is 13.1 Å². The molecule has 1 aliphatic rings. The van der Waals surface area contributed by atoms with Crippen molar-refractivity contribution in [2.45, 2.75) is 51.6 Å². The van der Waals surface area contributed by atoms with E-state index in [-0.39, 0.29) is 5.41 Å². The van der Waals surface area contributed by atoms with Crippen molar-refractivity contribution < 1.29 is 4.52 Å². The Labute approximate surface area is 102 Å². The third kappa shape index (κ3) is 3.26. The molecular formula is C12H22N4O. The summed E-state index contributed by atoms with van der Waals surface area (Å²) in [6, 6.07) is 0.360. The van der Waals surface area contributed by atoms with Gasteiger partial charge in [-0.05, 0) is 12.8 Å². The smallest absolute Gasteiger partial charge is 0.240 e. The van der Waals surface area contributed by atoms with Crippen molar-refractivity contribution in [2.24, 2.45) is 5.73 Å². The Balaban J connectivity index is 1.93. The van der Waals surface area contributed by atoms with Gasteiger partial charge in [0.25, 0.3) is 0 Å². The van der Waals surface area contributed by atoms with Gasteiger partial charge in [-0.2, -0.15) is 4.98 Å². The maximum atomic E-state index is 5.87. The van der Waals surface area contributed by atoms with E-state index < -0.39 is 0 Å². The minimum absolute atomic E-state index is 0.0496. The lowest BCUT2D eigenvalue weighted by molar-refractivity contribution is 0.181. The van der Waals surface area contributed by atoms with Gasteiger partial charge in [0, 0.05) is 24.5 Å². The number of rotatable bonds is 2. The third-order valence-electron chi connectivity index (χ3n) is 3.13. The second-order valence-corrected chi connectivity index (χ2v) is 5.88. The number of hydrogen-bond acceptors (Lipinski definition) is 5. The molecule has 5 nitrogen and oxygen atoms in total. The van der Waals surface area contributed by atoms with Crippen LogP contribution in [0.15, 0.2) is 4.52 Å². The lowest BCUT2D eigenvalue weighted by Gasteiger charge is -2.28. The van der Waals surface area contributed by atoms with Gasteiger partial charge in [0.1, 0.15) is 0 Å². The molecule has 0 radical (unpaired) electrons. The molecule has 1 aromatic rings. The van der Waals surface area contributed by atoms with Crippen molar-refractivity contribution in [3.63, 3.8) is 0 Å². The second kappa shape index (κ2) is 4.74. The molecule has 0 aromatic carbocycles. The van der Waals surface area contributed by atoms with Crippen LogP contribution in [0.1, 0.15) is 45.3 Å². The minimum atomic E-state index is -0.0496. The normalized spacial score (nSPS) is 19.8. The van der Waals surface area contributed by atoms with E-state index in [0.717, 1.165) is 38.3 Å². The van der Waals surface area contributed by atoms with Crippen molar-refractivity contribution >= 4 is 0 Å². The van der Waals surface area contributed by atoms with Gasteiger partial charge in [0.15, 0.2) is 5.82 Å². The molecule has 1 saturated heterocycles. The van der Waals surface area contributed by atoms with Crippen LogP contribution < -0.4 is 5.73 Å². The Kier molecular flexibility index (Phi) is 3.49. The number of aromatic nitrogens is 2. The molecule has 1 aliphatic heterocycles. The monoisotopic (exact) mass is 238 g/mol. The summed E-state index contributed by atoms with van der Waals surface area (Å²) in [4.78, 5) is 6.77. The highest BCUT2D eigenvalue weighted by atomic mass is 16.5. The number of nitrogens with two attached hydrogens (primary N) is 1. The average molecular weight is 238 g/mol. The summed E-state index contributed by atoms with van der Waals surface area (Å²) in [6.45, 7) is 9.04. The fourth-order valence-electron chi connectivity index (χ4n) is 1.93. The average Bonchev–Trinajstić information content (AvgIpc) is 2.69. The first-order valence-corrected chi connectivity index (χ1v) is 6.26. The summed E-state index contributed by atoms with van der Waals surface area (Å²) in [5, 5.41) is 4.03. The van der Waals surface area contributed by atoms with Gasteiger partial charge in [-0.1, -0.05) is 25.9 Å². The first kappa shape index (κ1) is 12.5. The van der Waals surface area contributed by atoms with E-state index in [1.165, 1.54) is 0 Å². The van der Waals surface area contributed by atoms with Crippen molar-refractivity contribution in [3.8, 4) is 0 Å². The fraction of sp³-hybridized carbons (Fsp3) is 0.833. The number of hydrogen-bond donors (Lipinski definition) is 1. The van der Waals surface area contributed by atoms with E-state index in [4.69, 9.17) is 10.3 Å². The summed E-state index contributed by atoms with van der Waals surface area (Å²) < 4.78 is 5.29. The first-order chi connectivity index (χ1) is 7.95. The van der Waals surface area contributed by atoms with Crippen molar-refractivity contribution in [1.82, 2.24) is 15.0 Å². The highest BCUT2D eigenvalue weighted by Gasteiger charge is 2.23. The molecule has 0 aliphatic carbocycles. The van der Waals surface area contributed by atoms with E-state index in [0.29, 0.717) is 11.9 Å². The van der Waals surface area contributed by atoms with E-state index in [9.17, 15) is 0 Å². The van der Waals surface area contributed by atoms with Gasteiger partial charge in [-0.15, -0.1) is 0 Å². The highest BCUT2D eigenvalue weighted by molar-refractivity contribution is 5.00. The Bertz CT molecular complexity index is 361. The lowest BCUT2D eigenvalue weighted by Crippen LogP contribution is -2.39. The number of nitrogens with zero attached hydrogens (tertiary/aromatic N) is 3. The Morgan fingerprint density at radius 1 is 1.35 bits per heavy atom. The number of piperidine rings is 1. The zero-order chi connectivity index (χ0) is 12.5. The molecule has 0 spiro atoms. The molecule has 0 atom stereocenters. The Morgan fingerprint density at radius 2 is 2.00 bits per heavy atom. The van der Waals surface area contributed by atoms with Gasteiger partial charge >= 0.3 is 0 Å². The zero-order valence-electron chi connectivity index (χ0n) is 10.9. The molecule has 17 heavy (non-hydrogen) atoms. The van der Waals surface area contributed by atoms with Crippen LogP contribution in [0.2, 0.25) is 0 Å². The molecule has 0 saturated carbocycles. The van der Waals surface area contributed by atoms with Crippen LogP contribution in [0, 0.1) is 0 Å². The maximum Gasteiger partial charge on any atom is 0.240 e. The fourth-order valence-corrected chi connectivity index (χ4v) is 1.93. The Morgan fingerprint density at radius 3 is 2.53 bits per heavy atom. The van der Waals surface area contributed by atoms with E-state index in [2.05, 4.69) is 35.8 Å². The zero-order valence-corrected chi connectivity index (χ0v) is 10.9. The summed E-state index contributed by atoms with van der Waals surface area (Å²) in [6.07, 6.45) is 2.11. The SMILES string of the molecule is CC(C)(C)c1noc(CN2CCC(N)CC2)n1. The van der Waals surface area contributed by atoms with Gasteiger partial charge in [0.05, 0.1) is 6.54 Å². The van der Waals surface area contributed by atoms with Crippen LogP contribution in [0.3, 0.4) is 0 Å². The predicted molar refractivity (Wildman–Crippen MR) is 65.5 cm³/mol. The van der Waals surface area contributed by atoms with E-state index in [1.807, 2.05) is 0 Å². The molecule has 2 heterocycles. The van der Waals surface area contributed by atoms with Gasteiger partial charge in [-0.3, -0.25) is 4.90 Å². The van der Waals surface area contributed by atoms with E-state index >= 15 is 0 Å². The van der Waals surface area contributed by atoms with Crippen molar-refractivity contribution in [3.05, 3.63) is 11.7 Å². The lowest BCUT2D eigenvalue weighted by atomic mass is 9.96. The third-order valence-corrected chi connectivity index (χ3v) is 3.13. The molecule has 0 unspecified atom stereocenters. The van der Waals surface area contributed by atoms with Gasteiger partial charge in [-0.25, -0.2) is 0 Å². The number of likely N-dealkylation sites (tertiary alicyclic amines) is 1. The topological polar surface area (TPSA) is 68.2 Å². The van der Waals surface area contributed by atoms with Crippen molar-refractivity contribution in [1.29, 1.82) is 0 Å². The van der Waals surface area contributed by atoms with E-state index in [1.54, 1.807) is 0 Å². The van der Waals surface area contributed by atoms with Crippen LogP contribution in [-0.2, 0) is 12.0 Å². The summed E-state index contributed by atoms with van der Waals surface area (Å²) >= 11 is 0. The molecule has 5 heteroatoms. The summed E-state index contributed by atoms with van der Waals surface area (Å²) in [5.41, 5.74) is 5.82. The van der Waals surface area contributed by atoms with Gasteiger partial charge in [0.2, 0.25) is 5.89 Å². The van der Waals surface area contributed by atoms with Crippen LogP contribution in [-0.4, -0.2) is 34.2 Å². The van der Waals surface area contributed by atoms with Crippen LogP contribution in [0.25, 0.3) is 0 Å². The molecule has 1 fully saturated rings. The van der Waals surface area contributed by atoms with Crippen LogP contribution >= 0.6 is 0 Å². The summed E-state index contributed by atoms with van der Waals surface area (Å²) in [5.74, 6) is 1.49. The molecule has 2 N–H and O–H groups in total. The molecule has 96 valence electrons. The van der Waals surface area contributed by atoms with Crippen LogP contribution in [0.4, 0.5) is 0 Å². The highest BCUT2D eigenvalue weighted by Crippen LogP contribution is 2.19. The van der Waals surface area contributed by atoms with Crippen LogP contribution in [0.5, 0.6) is 0 Å². The molecule has 2 rings (SSSR count). The minimum Gasteiger partial charge on any atom is -0.338 e. The molecular weight excluding hydrogens is 216 g/mol. The summed E-state index contributed by atoms with van der Waals surface area (Å²) in [7, 11) is 0. The van der Waals surface area contributed by atoms with Gasteiger partial charge < -0.3 is 10.3 Å². The molecule has 1 aromatic heterocycles.